The highest BCUT2D eigenvalue weighted by molar-refractivity contribution is 5.87. The highest BCUT2D eigenvalue weighted by Gasteiger charge is 2.21. The van der Waals surface area contributed by atoms with E-state index < -0.39 is 23.7 Å². The van der Waals surface area contributed by atoms with E-state index in [0.29, 0.717) is 13.0 Å². The smallest absolute Gasteiger partial charge is 0.315 e. The van der Waals surface area contributed by atoms with E-state index >= 15 is 0 Å². The number of ether oxygens (including phenoxy) is 1. The Morgan fingerprint density at radius 2 is 2.17 bits per heavy atom. The zero-order valence-electron chi connectivity index (χ0n) is 12.5. The summed E-state index contributed by atoms with van der Waals surface area (Å²) in [4.78, 5) is 23.4. The van der Waals surface area contributed by atoms with Gasteiger partial charge in [0.15, 0.2) is 11.6 Å². The van der Waals surface area contributed by atoms with Crippen LogP contribution in [-0.4, -0.2) is 37.7 Å². The average molecular weight is 327 g/mol. The summed E-state index contributed by atoms with van der Waals surface area (Å²) in [7, 11) is 0. The zero-order chi connectivity index (χ0) is 16.7. The number of hydrogen-bond donors (Lipinski definition) is 3. The molecule has 1 fully saturated rings. The van der Waals surface area contributed by atoms with Gasteiger partial charge < -0.3 is 20.7 Å². The lowest BCUT2D eigenvalue weighted by Crippen LogP contribution is -2.49. The van der Waals surface area contributed by atoms with E-state index in [1.54, 1.807) is 0 Å². The van der Waals surface area contributed by atoms with Crippen LogP contribution in [-0.2, 0) is 4.79 Å². The maximum Gasteiger partial charge on any atom is 0.315 e. The molecule has 6 nitrogen and oxygen atoms in total. The van der Waals surface area contributed by atoms with Gasteiger partial charge in [-0.3, -0.25) is 4.79 Å². The van der Waals surface area contributed by atoms with E-state index in [-0.39, 0.29) is 24.8 Å². The minimum Gasteiger partial charge on any atom is -0.489 e. The number of nitrogens with one attached hydrogen (secondary N) is 3. The number of benzene rings is 1. The van der Waals surface area contributed by atoms with E-state index in [9.17, 15) is 18.4 Å². The van der Waals surface area contributed by atoms with Gasteiger partial charge in [0.25, 0.3) is 0 Å². The van der Waals surface area contributed by atoms with Crippen LogP contribution in [0.3, 0.4) is 0 Å². The molecular weight excluding hydrogens is 308 g/mol. The summed E-state index contributed by atoms with van der Waals surface area (Å²) in [5.74, 6) is -1.77. The molecule has 1 heterocycles. The molecule has 0 unspecified atom stereocenters. The van der Waals surface area contributed by atoms with E-state index in [1.807, 2.05) is 0 Å². The minimum absolute atomic E-state index is 0.0207. The summed E-state index contributed by atoms with van der Waals surface area (Å²) in [6, 6.07) is 1.95. The maximum absolute atomic E-state index is 13.3. The van der Waals surface area contributed by atoms with E-state index in [0.717, 1.165) is 25.0 Å². The molecule has 0 aliphatic carbocycles. The summed E-state index contributed by atoms with van der Waals surface area (Å²) in [5.41, 5.74) is 0. The van der Waals surface area contributed by atoms with Crippen LogP contribution in [0.15, 0.2) is 18.2 Å². The number of urea groups is 1. The van der Waals surface area contributed by atoms with E-state index in [2.05, 4.69) is 16.0 Å². The van der Waals surface area contributed by atoms with Crippen molar-refractivity contribution < 1.29 is 23.1 Å². The van der Waals surface area contributed by atoms with Crippen LogP contribution in [0, 0.1) is 11.6 Å². The average Bonchev–Trinajstić information content (AvgIpc) is 2.70. The lowest BCUT2D eigenvalue weighted by atomic mass is 10.1. The normalized spacial score (nSPS) is 17.8. The van der Waals surface area contributed by atoms with Crippen LogP contribution in [0.25, 0.3) is 0 Å². The highest BCUT2D eigenvalue weighted by Crippen LogP contribution is 2.17. The van der Waals surface area contributed by atoms with Crippen molar-refractivity contribution in [2.75, 3.05) is 19.7 Å². The second kappa shape index (κ2) is 8.30. The molecule has 0 radical (unpaired) electrons. The molecule has 1 aromatic carbocycles. The Bertz CT molecular complexity index is 569. The molecule has 0 spiro atoms. The van der Waals surface area contributed by atoms with Gasteiger partial charge in [0.2, 0.25) is 5.91 Å². The SMILES string of the molecule is O=C(NCCOc1ccc(F)cc1F)N[C@@H]1CCCCNC1=O. The Morgan fingerprint density at radius 3 is 2.96 bits per heavy atom. The quantitative estimate of drug-likeness (QED) is 0.714. The highest BCUT2D eigenvalue weighted by atomic mass is 19.1. The third-order valence-electron chi connectivity index (χ3n) is 3.38. The van der Waals surface area contributed by atoms with Crippen LogP contribution in [0.1, 0.15) is 19.3 Å². The van der Waals surface area contributed by atoms with Gasteiger partial charge in [0.1, 0.15) is 18.5 Å². The third-order valence-corrected chi connectivity index (χ3v) is 3.38. The lowest BCUT2D eigenvalue weighted by Gasteiger charge is -2.16. The van der Waals surface area contributed by atoms with Crippen molar-refractivity contribution in [3.8, 4) is 5.75 Å². The molecule has 1 aliphatic heterocycles. The lowest BCUT2D eigenvalue weighted by molar-refractivity contribution is -0.122. The standard InChI is InChI=1S/C15H19F2N3O3/c16-10-4-5-13(11(17)9-10)23-8-7-19-15(22)20-12-3-1-2-6-18-14(12)21/h4-5,9,12H,1-3,6-8H2,(H,18,21)(H2,19,20,22)/t12-/m1/s1. The number of halogens is 2. The van der Waals surface area contributed by atoms with Crippen molar-refractivity contribution in [2.24, 2.45) is 0 Å². The van der Waals surface area contributed by atoms with Crippen LogP contribution >= 0.6 is 0 Å². The topological polar surface area (TPSA) is 79.5 Å². The maximum atomic E-state index is 13.3. The molecule has 1 aromatic rings. The number of hydrogen-bond acceptors (Lipinski definition) is 3. The first-order chi connectivity index (χ1) is 11.1. The Hall–Kier alpha value is -2.38. The Kier molecular flexibility index (Phi) is 6.13. The van der Waals surface area contributed by atoms with Gasteiger partial charge in [-0.25, -0.2) is 13.6 Å². The summed E-state index contributed by atoms with van der Waals surface area (Å²) in [5, 5.41) is 7.83. The number of carbonyl (C=O) groups is 2. The van der Waals surface area contributed by atoms with Crippen molar-refractivity contribution in [1.29, 1.82) is 0 Å². The van der Waals surface area contributed by atoms with Gasteiger partial charge in [-0.15, -0.1) is 0 Å². The van der Waals surface area contributed by atoms with Gasteiger partial charge in [0, 0.05) is 12.6 Å². The van der Waals surface area contributed by atoms with Gasteiger partial charge in [-0.1, -0.05) is 0 Å². The molecule has 2 rings (SSSR count). The Labute approximate surface area is 132 Å². The predicted octanol–water partition coefficient (Wildman–Crippen LogP) is 1.31. The molecule has 3 N–H and O–H groups in total. The van der Waals surface area contributed by atoms with Crippen molar-refractivity contribution in [2.45, 2.75) is 25.3 Å². The molecule has 1 aliphatic rings. The van der Waals surface area contributed by atoms with Crippen LogP contribution in [0.4, 0.5) is 13.6 Å². The fraction of sp³-hybridized carbons (Fsp3) is 0.467. The second-order valence-corrected chi connectivity index (χ2v) is 5.16. The fourth-order valence-electron chi connectivity index (χ4n) is 2.20. The molecule has 23 heavy (non-hydrogen) atoms. The predicted molar refractivity (Wildman–Crippen MR) is 79.0 cm³/mol. The fourth-order valence-corrected chi connectivity index (χ4v) is 2.20. The number of carbonyl (C=O) groups excluding carboxylic acids is 2. The molecule has 1 saturated heterocycles. The molecule has 1 atom stereocenters. The van der Waals surface area contributed by atoms with Gasteiger partial charge in [0.05, 0.1) is 6.54 Å². The zero-order valence-corrected chi connectivity index (χ0v) is 12.5. The number of amides is 3. The summed E-state index contributed by atoms with van der Waals surface area (Å²) in [6.45, 7) is 0.763. The van der Waals surface area contributed by atoms with E-state index in [4.69, 9.17) is 4.74 Å². The summed E-state index contributed by atoms with van der Waals surface area (Å²) >= 11 is 0. The molecule has 0 saturated carbocycles. The largest absolute Gasteiger partial charge is 0.489 e. The monoisotopic (exact) mass is 327 g/mol. The molecule has 0 aromatic heterocycles. The second-order valence-electron chi connectivity index (χ2n) is 5.16. The van der Waals surface area contributed by atoms with Gasteiger partial charge in [-0.2, -0.15) is 0 Å². The molecular formula is C15H19F2N3O3. The first kappa shape index (κ1) is 17.0. The van der Waals surface area contributed by atoms with Crippen molar-refractivity contribution >= 4 is 11.9 Å². The van der Waals surface area contributed by atoms with E-state index in [1.165, 1.54) is 6.07 Å². The van der Waals surface area contributed by atoms with Gasteiger partial charge in [-0.05, 0) is 31.4 Å². The van der Waals surface area contributed by atoms with Crippen LogP contribution in [0.5, 0.6) is 5.75 Å². The van der Waals surface area contributed by atoms with Crippen molar-refractivity contribution in [3.05, 3.63) is 29.8 Å². The molecule has 8 heteroatoms. The Balaban J connectivity index is 1.69. The first-order valence-corrected chi connectivity index (χ1v) is 7.46. The van der Waals surface area contributed by atoms with Gasteiger partial charge >= 0.3 is 6.03 Å². The molecule has 3 amide bonds. The number of rotatable bonds is 5. The summed E-state index contributed by atoms with van der Waals surface area (Å²) in [6.07, 6.45) is 2.34. The molecule has 126 valence electrons. The van der Waals surface area contributed by atoms with Crippen molar-refractivity contribution in [1.82, 2.24) is 16.0 Å². The Morgan fingerprint density at radius 1 is 1.35 bits per heavy atom. The summed E-state index contributed by atoms with van der Waals surface area (Å²) < 4.78 is 31.2. The van der Waals surface area contributed by atoms with Crippen LogP contribution < -0.4 is 20.7 Å². The minimum atomic E-state index is -0.801. The molecule has 0 bridgehead atoms. The van der Waals surface area contributed by atoms with Crippen molar-refractivity contribution in [3.63, 3.8) is 0 Å². The third kappa shape index (κ3) is 5.39. The first-order valence-electron chi connectivity index (χ1n) is 7.46. The van der Waals surface area contributed by atoms with Crippen LogP contribution in [0.2, 0.25) is 0 Å².